The first kappa shape index (κ1) is 15.2. The van der Waals surface area contributed by atoms with Gasteiger partial charge < -0.3 is 14.8 Å². The zero-order valence-corrected chi connectivity index (χ0v) is 11.9. The SMILES string of the molecule is O=C(O)c1ccc(CNC(=O)C2CC2c2cc(F)ccc2F)o1. The lowest BCUT2D eigenvalue weighted by molar-refractivity contribution is -0.122. The molecule has 1 heterocycles. The zero-order valence-electron chi connectivity index (χ0n) is 11.9. The van der Waals surface area contributed by atoms with Gasteiger partial charge >= 0.3 is 5.97 Å². The molecule has 1 aliphatic carbocycles. The molecule has 2 unspecified atom stereocenters. The van der Waals surface area contributed by atoms with E-state index in [4.69, 9.17) is 9.52 Å². The summed E-state index contributed by atoms with van der Waals surface area (Å²) in [5, 5.41) is 11.3. The fraction of sp³-hybridized carbons (Fsp3) is 0.250. The molecule has 5 nitrogen and oxygen atoms in total. The maximum Gasteiger partial charge on any atom is 0.371 e. The second-order valence-electron chi connectivity index (χ2n) is 5.40. The van der Waals surface area contributed by atoms with Crippen LogP contribution < -0.4 is 5.32 Å². The van der Waals surface area contributed by atoms with Crippen molar-refractivity contribution in [3.8, 4) is 0 Å². The number of carboxylic acid groups (broad SMARTS) is 1. The fourth-order valence-electron chi connectivity index (χ4n) is 2.52. The van der Waals surface area contributed by atoms with Crippen LogP contribution in [0.1, 0.15) is 34.2 Å². The number of amides is 1. The molecule has 0 spiro atoms. The van der Waals surface area contributed by atoms with Gasteiger partial charge in [0.25, 0.3) is 0 Å². The number of carbonyl (C=O) groups is 2. The van der Waals surface area contributed by atoms with Crippen LogP contribution in [0.2, 0.25) is 0 Å². The molecule has 2 atom stereocenters. The summed E-state index contributed by atoms with van der Waals surface area (Å²) in [6, 6.07) is 5.95. The topological polar surface area (TPSA) is 79.5 Å². The van der Waals surface area contributed by atoms with E-state index in [-0.39, 0.29) is 29.7 Å². The molecule has 2 N–H and O–H groups in total. The van der Waals surface area contributed by atoms with Crippen molar-refractivity contribution in [3.05, 3.63) is 59.1 Å². The Morgan fingerprint density at radius 1 is 1.26 bits per heavy atom. The monoisotopic (exact) mass is 321 g/mol. The largest absolute Gasteiger partial charge is 0.475 e. The molecule has 1 aromatic carbocycles. The molecule has 0 radical (unpaired) electrons. The number of carbonyl (C=O) groups excluding carboxylic acids is 1. The molecule has 1 fully saturated rings. The van der Waals surface area contributed by atoms with Crippen LogP contribution in [0.5, 0.6) is 0 Å². The van der Waals surface area contributed by atoms with Gasteiger partial charge in [0.2, 0.25) is 11.7 Å². The van der Waals surface area contributed by atoms with Gasteiger partial charge in [0.1, 0.15) is 17.4 Å². The summed E-state index contributed by atoms with van der Waals surface area (Å²) < 4.78 is 31.8. The Morgan fingerprint density at radius 2 is 2.04 bits per heavy atom. The number of hydrogen-bond donors (Lipinski definition) is 2. The number of carboxylic acids is 1. The molecular formula is C16H13F2NO4. The summed E-state index contributed by atoms with van der Waals surface area (Å²) in [5.41, 5.74) is 0.205. The van der Waals surface area contributed by atoms with E-state index in [2.05, 4.69) is 5.32 Å². The molecular weight excluding hydrogens is 308 g/mol. The third kappa shape index (κ3) is 3.23. The Kier molecular flexibility index (Phi) is 3.85. The molecule has 1 saturated carbocycles. The Balaban J connectivity index is 1.58. The van der Waals surface area contributed by atoms with Crippen molar-refractivity contribution in [2.45, 2.75) is 18.9 Å². The highest BCUT2D eigenvalue weighted by molar-refractivity contribution is 5.84. The van der Waals surface area contributed by atoms with Crippen molar-refractivity contribution in [2.75, 3.05) is 0 Å². The Labute approximate surface area is 129 Å². The number of benzene rings is 1. The van der Waals surface area contributed by atoms with E-state index in [1.807, 2.05) is 0 Å². The predicted molar refractivity (Wildman–Crippen MR) is 74.7 cm³/mol. The van der Waals surface area contributed by atoms with Crippen molar-refractivity contribution < 1.29 is 27.9 Å². The molecule has 120 valence electrons. The first-order valence-electron chi connectivity index (χ1n) is 7.00. The van der Waals surface area contributed by atoms with E-state index in [0.717, 1.165) is 18.2 Å². The molecule has 7 heteroatoms. The molecule has 1 aliphatic rings. The number of nitrogens with one attached hydrogen (secondary N) is 1. The summed E-state index contributed by atoms with van der Waals surface area (Å²) in [7, 11) is 0. The van der Waals surface area contributed by atoms with Gasteiger partial charge in [0, 0.05) is 5.92 Å². The Hall–Kier alpha value is -2.70. The minimum atomic E-state index is -1.19. The summed E-state index contributed by atoms with van der Waals surface area (Å²) in [6.07, 6.45) is 0.449. The lowest BCUT2D eigenvalue weighted by atomic mass is 10.1. The van der Waals surface area contributed by atoms with Gasteiger partial charge in [-0.2, -0.15) is 0 Å². The second-order valence-corrected chi connectivity index (χ2v) is 5.40. The minimum Gasteiger partial charge on any atom is -0.475 e. The van der Waals surface area contributed by atoms with E-state index in [0.29, 0.717) is 12.2 Å². The molecule has 23 heavy (non-hydrogen) atoms. The summed E-state index contributed by atoms with van der Waals surface area (Å²) in [4.78, 5) is 22.7. The second kappa shape index (κ2) is 5.83. The summed E-state index contributed by atoms with van der Waals surface area (Å²) in [5.74, 6) is -3.20. The van der Waals surface area contributed by atoms with Crippen molar-refractivity contribution in [3.63, 3.8) is 0 Å². The van der Waals surface area contributed by atoms with Gasteiger partial charge in [0.05, 0.1) is 6.54 Å². The van der Waals surface area contributed by atoms with Crippen molar-refractivity contribution in [1.29, 1.82) is 0 Å². The Bertz CT molecular complexity index is 771. The van der Waals surface area contributed by atoms with Gasteiger partial charge in [0.15, 0.2) is 0 Å². The maximum atomic E-state index is 13.7. The van der Waals surface area contributed by atoms with Crippen LogP contribution in [-0.2, 0) is 11.3 Å². The van der Waals surface area contributed by atoms with Crippen molar-refractivity contribution in [2.24, 2.45) is 5.92 Å². The van der Waals surface area contributed by atoms with E-state index in [1.165, 1.54) is 12.1 Å². The number of halogens is 2. The molecule has 1 amide bonds. The number of furan rings is 1. The van der Waals surface area contributed by atoms with E-state index in [9.17, 15) is 18.4 Å². The van der Waals surface area contributed by atoms with Gasteiger partial charge in [-0.05, 0) is 48.2 Å². The van der Waals surface area contributed by atoms with Gasteiger partial charge in [-0.3, -0.25) is 4.79 Å². The van der Waals surface area contributed by atoms with Crippen LogP contribution in [0.15, 0.2) is 34.7 Å². The maximum absolute atomic E-state index is 13.7. The lowest BCUT2D eigenvalue weighted by Crippen LogP contribution is -2.24. The normalized spacial score (nSPS) is 19.4. The first-order chi connectivity index (χ1) is 11.0. The zero-order chi connectivity index (χ0) is 16.6. The third-order valence-electron chi connectivity index (χ3n) is 3.79. The molecule has 0 bridgehead atoms. The van der Waals surface area contributed by atoms with Gasteiger partial charge in [-0.25, -0.2) is 13.6 Å². The number of hydrogen-bond acceptors (Lipinski definition) is 3. The third-order valence-corrected chi connectivity index (χ3v) is 3.79. The smallest absolute Gasteiger partial charge is 0.371 e. The molecule has 2 aromatic rings. The van der Waals surface area contributed by atoms with Gasteiger partial charge in [-0.15, -0.1) is 0 Å². The Morgan fingerprint density at radius 3 is 2.74 bits per heavy atom. The molecule has 3 rings (SSSR count). The predicted octanol–water partition coefficient (Wildman–Crippen LogP) is 2.68. The highest BCUT2D eigenvalue weighted by Gasteiger charge is 2.45. The quantitative estimate of drug-likeness (QED) is 0.887. The van der Waals surface area contributed by atoms with Crippen LogP contribution in [0.3, 0.4) is 0 Å². The molecule has 0 aliphatic heterocycles. The van der Waals surface area contributed by atoms with Crippen LogP contribution >= 0.6 is 0 Å². The fourth-order valence-corrected chi connectivity index (χ4v) is 2.52. The van der Waals surface area contributed by atoms with Crippen LogP contribution in [-0.4, -0.2) is 17.0 Å². The average Bonchev–Trinajstić information content (AvgIpc) is 3.16. The average molecular weight is 321 g/mol. The van der Waals surface area contributed by atoms with Crippen molar-refractivity contribution >= 4 is 11.9 Å². The first-order valence-corrected chi connectivity index (χ1v) is 7.00. The highest BCUT2D eigenvalue weighted by atomic mass is 19.1. The summed E-state index contributed by atoms with van der Waals surface area (Å²) >= 11 is 0. The van der Waals surface area contributed by atoms with Gasteiger partial charge in [-0.1, -0.05) is 0 Å². The number of rotatable bonds is 5. The summed E-state index contributed by atoms with van der Waals surface area (Å²) in [6.45, 7) is 0.0426. The van der Waals surface area contributed by atoms with Crippen LogP contribution in [0.4, 0.5) is 8.78 Å². The van der Waals surface area contributed by atoms with E-state index < -0.39 is 23.5 Å². The van der Waals surface area contributed by atoms with E-state index >= 15 is 0 Å². The lowest BCUT2D eigenvalue weighted by Gasteiger charge is -2.04. The van der Waals surface area contributed by atoms with E-state index in [1.54, 1.807) is 0 Å². The number of aromatic carboxylic acids is 1. The molecule has 1 aromatic heterocycles. The minimum absolute atomic E-state index is 0.0426. The van der Waals surface area contributed by atoms with Crippen molar-refractivity contribution in [1.82, 2.24) is 5.32 Å². The standard InChI is InChI=1S/C16H13F2NO4/c17-8-1-3-13(18)11(5-8)10-6-12(10)15(20)19-7-9-2-4-14(23-9)16(21)22/h1-5,10,12H,6-7H2,(H,19,20)(H,21,22). The van der Waals surface area contributed by atoms with Crippen LogP contribution in [0, 0.1) is 17.6 Å². The molecule has 0 saturated heterocycles. The highest BCUT2D eigenvalue weighted by Crippen LogP contribution is 2.48. The van der Waals surface area contributed by atoms with Crippen LogP contribution in [0.25, 0.3) is 0 Å².